The molecule has 30 heavy (non-hydrogen) atoms. The molecule has 0 aliphatic heterocycles. The van der Waals surface area contributed by atoms with Gasteiger partial charge in [-0.1, -0.05) is 6.07 Å². The van der Waals surface area contributed by atoms with E-state index < -0.39 is 0 Å². The molecule has 0 spiro atoms. The number of benzene rings is 2. The van der Waals surface area contributed by atoms with Crippen LogP contribution in [0.2, 0.25) is 0 Å². The van der Waals surface area contributed by atoms with E-state index in [2.05, 4.69) is 15.3 Å². The fourth-order valence-corrected chi connectivity index (χ4v) is 3.05. The Labute approximate surface area is 172 Å². The third-order valence-corrected chi connectivity index (χ3v) is 4.49. The van der Waals surface area contributed by atoms with Crippen molar-refractivity contribution in [3.63, 3.8) is 0 Å². The van der Waals surface area contributed by atoms with Crippen molar-refractivity contribution in [3.05, 3.63) is 60.4 Å². The number of methoxy groups -OCH3 is 3. The SMILES string of the molecule is COc1cc(C(=O)Nc2cccc(-c3nc4ccncc4o3)c2)cc(OC)c1OC. The zero-order chi connectivity index (χ0) is 21.1. The van der Waals surface area contributed by atoms with Gasteiger partial charge in [-0.15, -0.1) is 0 Å². The minimum absolute atomic E-state index is 0.326. The second-order valence-corrected chi connectivity index (χ2v) is 6.31. The number of hydrogen-bond donors (Lipinski definition) is 1. The number of oxazole rings is 1. The molecule has 0 fully saturated rings. The van der Waals surface area contributed by atoms with Gasteiger partial charge >= 0.3 is 0 Å². The van der Waals surface area contributed by atoms with Crippen LogP contribution in [0.4, 0.5) is 5.69 Å². The lowest BCUT2D eigenvalue weighted by atomic mass is 10.1. The molecule has 0 unspecified atom stereocenters. The lowest BCUT2D eigenvalue weighted by molar-refractivity contribution is 0.102. The maximum atomic E-state index is 12.8. The van der Waals surface area contributed by atoms with Crippen LogP contribution in [0.15, 0.2) is 59.3 Å². The first-order valence-electron chi connectivity index (χ1n) is 9.05. The third-order valence-electron chi connectivity index (χ3n) is 4.49. The van der Waals surface area contributed by atoms with Crippen LogP contribution in [0.3, 0.4) is 0 Å². The molecular weight excluding hydrogens is 386 g/mol. The lowest BCUT2D eigenvalue weighted by Crippen LogP contribution is -2.12. The number of nitrogens with one attached hydrogen (secondary N) is 1. The van der Waals surface area contributed by atoms with Gasteiger partial charge in [0, 0.05) is 23.0 Å². The van der Waals surface area contributed by atoms with Gasteiger partial charge in [0.05, 0.1) is 27.5 Å². The third kappa shape index (κ3) is 3.62. The molecule has 0 saturated heterocycles. The average molecular weight is 405 g/mol. The van der Waals surface area contributed by atoms with Crippen LogP contribution < -0.4 is 19.5 Å². The zero-order valence-corrected chi connectivity index (χ0v) is 16.6. The van der Waals surface area contributed by atoms with E-state index in [9.17, 15) is 4.79 Å². The summed E-state index contributed by atoms with van der Waals surface area (Å²) in [5, 5.41) is 2.87. The Morgan fingerprint density at radius 3 is 2.43 bits per heavy atom. The maximum Gasteiger partial charge on any atom is 0.255 e. The van der Waals surface area contributed by atoms with Crippen molar-refractivity contribution >= 4 is 22.7 Å². The molecule has 0 radical (unpaired) electrons. The molecule has 1 amide bonds. The number of aromatic nitrogens is 2. The first kappa shape index (κ1) is 19.3. The Kier molecular flexibility index (Phi) is 5.21. The molecular formula is C22H19N3O5. The fraction of sp³-hybridized carbons (Fsp3) is 0.136. The quantitative estimate of drug-likeness (QED) is 0.514. The Hall–Kier alpha value is -4.07. The monoisotopic (exact) mass is 405 g/mol. The molecule has 4 aromatic rings. The molecule has 0 saturated carbocycles. The normalized spacial score (nSPS) is 10.6. The molecule has 0 aliphatic carbocycles. The molecule has 0 bridgehead atoms. The number of nitrogens with zero attached hydrogens (tertiary/aromatic N) is 2. The highest BCUT2D eigenvalue weighted by molar-refractivity contribution is 6.05. The van der Waals surface area contributed by atoms with Crippen LogP contribution in [-0.4, -0.2) is 37.2 Å². The summed E-state index contributed by atoms with van der Waals surface area (Å²) in [6.07, 6.45) is 3.27. The number of anilines is 1. The molecule has 152 valence electrons. The standard InChI is InChI=1S/C22H19N3O5/c1-27-17-10-14(11-18(28-2)20(17)29-3)21(26)24-15-6-4-5-13(9-15)22-25-16-7-8-23-12-19(16)30-22/h4-12H,1-3H3,(H,24,26). The van der Waals surface area contributed by atoms with E-state index in [0.717, 1.165) is 5.56 Å². The summed E-state index contributed by atoms with van der Waals surface area (Å²) in [6.45, 7) is 0. The van der Waals surface area contributed by atoms with Crippen LogP contribution >= 0.6 is 0 Å². The summed E-state index contributed by atoms with van der Waals surface area (Å²) in [6, 6.07) is 12.2. The van der Waals surface area contributed by atoms with E-state index in [1.165, 1.54) is 21.3 Å². The van der Waals surface area contributed by atoms with Crippen molar-refractivity contribution in [2.45, 2.75) is 0 Å². The van der Waals surface area contributed by atoms with E-state index in [4.69, 9.17) is 18.6 Å². The molecule has 2 aromatic heterocycles. The van der Waals surface area contributed by atoms with Crippen LogP contribution in [0.25, 0.3) is 22.6 Å². The molecule has 4 rings (SSSR count). The van der Waals surface area contributed by atoms with Crippen molar-refractivity contribution in [1.29, 1.82) is 0 Å². The van der Waals surface area contributed by atoms with Gasteiger partial charge < -0.3 is 23.9 Å². The number of carbonyl (C=O) groups excluding carboxylic acids is 1. The fourth-order valence-electron chi connectivity index (χ4n) is 3.05. The van der Waals surface area contributed by atoms with Gasteiger partial charge in [-0.3, -0.25) is 9.78 Å². The summed E-state index contributed by atoms with van der Waals surface area (Å²) in [7, 11) is 4.50. The van der Waals surface area contributed by atoms with Gasteiger partial charge in [0.15, 0.2) is 17.1 Å². The number of rotatable bonds is 6. The second kappa shape index (κ2) is 8.12. The van der Waals surface area contributed by atoms with Crippen LogP contribution in [0.5, 0.6) is 17.2 Å². The van der Waals surface area contributed by atoms with Crippen molar-refractivity contribution in [2.75, 3.05) is 26.6 Å². The van der Waals surface area contributed by atoms with Gasteiger partial charge in [-0.05, 0) is 36.4 Å². The number of fused-ring (bicyclic) bond motifs is 1. The molecule has 8 heteroatoms. The lowest BCUT2D eigenvalue weighted by Gasteiger charge is -2.14. The smallest absolute Gasteiger partial charge is 0.255 e. The first-order valence-corrected chi connectivity index (χ1v) is 9.05. The maximum absolute atomic E-state index is 12.8. The second-order valence-electron chi connectivity index (χ2n) is 6.31. The van der Waals surface area contributed by atoms with Crippen molar-refractivity contribution in [2.24, 2.45) is 0 Å². The topological polar surface area (TPSA) is 95.7 Å². The molecule has 1 N–H and O–H groups in total. The van der Waals surface area contributed by atoms with E-state index in [-0.39, 0.29) is 5.91 Å². The van der Waals surface area contributed by atoms with Crippen molar-refractivity contribution in [1.82, 2.24) is 9.97 Å². The summed E-state index contributed by atoms with van der Waals surface area (Å²) in [5.74, 6) is 1.34. The van der Waals surface area contributed by atoms with E-state index in [0.29, 0.717) is 45.5 Å². The van der Waals surface area contributed by atoms with Gasteiger partial charge in [0.1, 0.15) is 5.52 Å². The van der Waals surface area contributed by atoms with Gasteiger partial charge in [-0.2, -0.15) is 0 Å². The Balaban J connectivity index is 1.62. The van der Waals surface area contributed by atoms with Crippen molar-refractivity contribution < 1.29 is 23.4 Å². The van der Waals surface area contributed by atoms with Crippen LogP contribution in [0, 0.1) is 0 Å². The highest BCUT2D eigenvalue weighted by atomic mass is 16.5. The first-order chi connectivity index (χ1) is 14.6. The van der Waals surface area contributed by atoms with Crippen LogP contribution in [0.1, 0.15) is 10.4 Å². The van der Waals surface area contributed by atoms with E-state index in [1.54, 1.807) is 42.7 Å². The Bertz CT molecular complexity index is 1160. The highest BCUT2D eigenvalue weighted by Crippen LogP contribution is 2.38. The molecule has 2 aromatic carbocycles. The number of pyridine rings is 1. The molecule has 2 heterocycles. The van der Waals surface area contributed by atoms with Gasteiger partial charge in [-0.25, -0.2) is 4.98 Å². The van der Waals surface area contributed by atoms with E-state index >= 15 is 0 Å². The number of carbonyl (C=O) groups is 1. The van der Waals surface area contributed by atoms with Crippen LogP contribution in [-0.2, 0) is 0 Å². The summed E-state index contributed by atoms with van der Waals surface area (Å²) in [4.78, 5) is 21.3. The predicted octanol–water partition coefficient (Wildman–Crippen LogP) is 4.17. The van der Waals surface area contributed by atoms with Crippen molar-refractivity contribution in [3.8, 4) is 28.7 Å². The Morgan fingerprint density at radius 2 is 1.77 bits per heavy atom. The summed E-state index contributed by atoms with van der Waals surface area (Å²) in [5.41, 5.74) is 2.99. The zero-order valence-electron chi connectivity index (χ0n) is 16.6. The van der Waals surface area contributed by atoms with Gasteiger partial charge in [0.2, 0.25) is 11.6 Å². The molecule has 8 nitrogen and oxygen atoms in total. The number of amides is 1. The number of ether oxygens (including phenoxy) is 3. The van der Waals surface area contributed by atoms with E-state index in [1.807, 2.05) is 12.1 Å². The molecule has 0 atom stereocenters. The minimum atomic E-state index is -0.326. The number of hydrogen-bond acceptors (Lipinski definition) is 7. The molecule has 0 aliphatic rings. The minimum Gasteiger partial charge on any atom is -0.493 e. The highest BCUT2D eigenvalue weighted by Gasteiger charge is 2.17. The predicted molar refractivity (Wildman–Crippen MR) is 111 cm³/mol. The summed E-state index contributed by atoms with van der Waals surface area (Å²) >= 11 is 0. The van der Waals surface area contributed by atoms with Gasteiger partial charge in [0.25, 0.3) is 5.91 Å². The Morgan fingerprint density at radius 1 is 1.00 bits per heavy atom. The average Bonchev–Trinajstić information content (AvgIpc) is 3.22. The summed E-state index contributed by atoms with van der Waals surface area (Å²) < 4.78 is 21.7. The largest absolute Gasteiger partial charge is 0.493 e.